The zero-order valence-electron chi connectivity index (χ0n) is 17.2. The van der Waals surface area contributed by atoms with Gasteiger partial charge in [0.15, 0.2) is 0 Å². The molecule has 0 radical (unpaired) electrons. The van der Waals surface area contributed by atoms with Gasteiger partial charge in [-0.1, -0.05) is 53.6 Å². The number of nitrogens with zero attached hydrogens (tertiary/aromatic N) is 1. The van der Waals surface area contributed by atoms with Crippen LogP contribution < -0.4 is 0 Å². The second-order valence-electron chi connectivity index (χ2n) is 8.17. The zero-order valence-corrected chi connectivity index (χ0v) is 18.0. The molecule has 2 aliphatic rings. The van der Waals surface area contributed by atoms with Gasteiger partial charge in [-0.3, -0.25) is 9.59 Å². The van der Waals surface area contributed by atoms with Gasteiger partial charge in [0.05, 0.1) is 19.6 Å². The Bertz CT molecular complexity index is 925. The van der Waals surface area contributed by atoms with Crippen molar-refractivity contribution >= 4 is 23.5 Å². The van der Waals surface area contributed by atoms with Crippen molar-refractivity contribution in [3.8, 4) is 0 Å². The standard InChI is InChI=1S/C24H26ClNO4/c1-15-4-3-5-18(12-15)23-22(17-8-10-19(25)11-9-17)26(14-16-6-7-16)24(28)20(30-23)13-21(27)29-2/h3-5,8-12,16,20,22-23H,6-7,13-14H2,1-2H3. The van der Waals surface area contributed by atoms with E-state index in [-0.39, 0.29) is 18.4 Å². The van der Waals surface area contributed by atoms with Gasteiger partial charge in [-0.05, 0) is 48.9 Å². The lowest BCUT2D eigenvalue weighted by atomic mass is 9.90. The highest BCUT2D eigenvalue weighted by Crippen LogP contribution is 2.45. The van der Waals surface area contributed by atoms with E-state index >= 15 is 0 Å². The number of hydrogen-bond donors (Lipinski definition) is 0. The van der Waals surface area contributed by atoms with Crippen LogP contribution in [0, 0.1) is 12.8 Å². The van der Waals surface area contributed by atoms with Crippen LogP contribution in [-0.2, 0) is 19.1 Å². The van der Waals surface area contributed by atoms with Crippen LogP contribution in [0.1, 0.15) is 48.1 Å². The minimum atomic E-state index is -0.856. The van der Waals surface area contributed by atoms with Crippen LogP contribution in [0.15, 0.2) is 48.5 Å². The number of methoxy groups -OCH3 is 1. The first kappa shape index (κ1) is 20.9. The Hall–Kier alpha value is -2.37. The third kappa shape index (κ3) is 4.52. The maximum atomic E-state index is 13.4. The van der Waals surface area contributed by atoms with Gasteiger partial charge in [-0.2, -0.15) is 0 Å². The SMILES string of the molecule is COC(=O)CC1OC(c2cccc(C)c2)C(c2ccc(Cl)cc2)N(CC2CC2)C1=O. The highest BCUT2D eigenvalue weighted by Gasteiger charge is 2.46. The number of carbonyl (C=O) groups is 2. The Kier molecular flexibility index (Phi) is 6.11. The quantitative estimate of drug-likeness (QED) is 0.630. The largest absolute Gasteiger partial charge is 0.469 e. The van der Waals surface area contributed by atoms with Crippen LogP contribution in [0.4, 0.5) is 0 Å². The smallest absolute Gasteiger partial charge is 0.308 e. The fourth-order valence-corrected chi connectivity index (χ4v) is 4.20. The van der Waals surface area contributed by atoms with Gasteiger partial charge in [0.1, 0.15) is 12.2 Å². The Morgan fingerprint density at radius 3 is 2.53 bits per heavy atom. The molecule has 2 aromatic carbocycles. The minimum absolute atomic E-state index is 0.0911. The molecule has 1 aliphatic carbocycles. The number of halogens is 1. The molecular formula is C24H26ClNO4. The highest BCUT2D eigenvalue weighted by molar-refractivity contribution is 6.30. The number of amides is 1. The summed E-state index contributed by atoms with van der Waals surface area (Å²) in [5.41, 5.74) is 3.07. The molecule has 1 amide bonds. The zero-order chi connectivity index (χ0) is 21.3. The van der Waals surface area contributed by atoms with E-state index in [1.54, 1.807) is 0 Å². The first-order valence-corrected chi connectivity index (χ1v) is 10.7. The fraction of sp³-hybridized carbons (Fsp3) is 0.417. The molecule has 0 spiro atoms. The number of aryl methyl sites for hydroxylation is 1. The third-order valence-electron chi connectivity index (χ3n) is 5.81. The summed E-state index contributed by atoms with van der Waals surface area (Å²) in [5, 5.41) is 0.645. The van der Waals surface area contributed by atoms with E-state index in [1.807, 2.05) is 54.3 Å². The Morgan fingerprint density at radius 2 is 1.90 bits per heavy atom. The molecule has 2 fully saturated rings. The molecule has 0 bridgehead atoms. The summed E-state index contributed by atoms with van der Waals surface area (Å²) >= 11 is 6.12. The van der Waals surface area contributed by atoms with Crippen molar-refractivity contribution < 1.29 is 19.1 Å². The maximum Gasteiger partial charge on any atom is 0.308 e. The van der Waals surface area contributed by atoms with Crippen LogP contribution in [0.2, 0.25) is 5.02 Å². The lowest BCUT2D eigenvalue weighted by Crippen LogP contribution is -2.52. The topological polar surface area (TPSA) is 55.8 Å². The number of esters is 1. The Morgan fingerprint density at radius 1 is 1.17 bits per heavy atom. The van der Waals surface area contributed by atoms with Crippen molar-refractivity contribution in [1.29, 1.82) is 0 Å². The highest BCUT2D eigenvalue weighted by atomic mass is 35.5. The molecule has 4 rings (SSSR count). The van der Waals surface area contributed by atoms with E-state index in [0.29, 0.717) is 17.5 Å². The summed E-state index contributed by atoms with van der Waals surface area (Å²) in [6.07, 6.45) is 0.901. The molecule has 30 heavy (non-hydrogen) atoms. The van der Waals surface area contributed by atoms with Gasteiger partial charge in [0.25, 0.3) is 5.91 Å². The lowest BCUT2D eigenvalue weighted by molar-refractivity contribution is -0.179. The first-order valence-electron chi connectivity index (χ1n) is 10.3. The monoisotopic (exact) mass is 427 g/mol. The number of ether oxygens (including phenoxy) is 2. The first-order chi connectivity index (χ1) is 14.5. The second-order valence-corrected chi connectivity index (χ2v) is 8.61. The van der Waals surface area contributed by atoms with Gasteiger partial charge in [-0.25, -0.2) is 0 Å². The second kappa shape index (κ2) is 8.78. The van der Waals surface area contributed by atoms with E-state index in [2.05, 4.69) is 6.07 Å². The predicted octanol–water partition coefficient (Wildman–Crippen LogP) is 4.63. The molecule has 3 unspecified atom stereocenters. The van der Waals surface area contributed by atoms with E-state index < -0.39 is 18.2 Å². The van der Waals surface area contributed by atoms with Crippen LogP contribution in [-0.4, -0.2) is 36.5 Å². The number of hydrogen-bond acceptors (Lipinski definition) is 4. The van der Waals surface area contributed by atoms with Crippen molar-refractivity contribution in [2.45, 2.75) is 44.4 Å². The van der Waals surface area contributed by atoms with E-state index in [1.165, 1.54) is 7.11 Å². The van der Waals surface area contributed by atoms with E-state index in [9.17, 15) is 9.59 Å². The number of rotatable bonds is 6. The number of benzene rings is 2. The molecule has 0 N–H and O–H groups in total. The maximum absolute atomic E-state index is 13.4. The van der Waals surface area contributed by atoms with Crippen molar-refractivity contribution in [2.75, 3.05) is 13.7 Å². The number of carbonyl (C=O) groups excluding carboxylic acids is 2. The van der Waals surface area contributed by atoms with Gasteiger partial charge >= 0.3 is 5.97 Å². The summed E-state index contributed by atoms with van der Waals surface area (Å²) in [4.78, 5) is 27.3. The van der Waals surface area contributed by atoms with E-state index in [4.69, 9.17) is 21.1 Å². The van der Waals surface area contributed by atoms with Crippen LogP contribution in [0.3, 0.4) is 0 Å². The van der Waals surface area contributed by atoms with Crippen molar-refractivity contribution in [3.63, 3.8) is 0 Å². The summed E-state index contributed by atoms with van der Waals surface area (Å²) in [6, 6.07) is 15.4. The summed E-state index contributed by atoms with van der Waals surface area (Å²) in [6.45, 7) is 2.69. The third-order valence-corrected chi connectivity index (χ3v) is 6.06. The average Bonchev–Trinajstić information content (AvgIpc) is 3.55. The molecule has 5 nitrogen and oxygen atoms in total. The molecule has 3 atom stereocenters. The van der Waals surface area contributed by atoms with Crippen molar-refractivity contribution in [1.82, 2.24) is 4.90 Å². The normalized spacial score (nSPS) is 24.0. The van der Waals surface area contributed by atoms with E-state index in [0.717, 1.165) is 29.5 Å². The summed E-state index contributed by atoms with van der Waals surface area (Å²) in [5.74, 6) is -0.109. The summed E-state index contributed by atoms with van der Waals surface area (Å²) < 4.78 is 11.1. The van der Waals surface area contributed by atoms with Gasteiger partial charge in [-0.15, -0.1) is 0 Å². The van der Waals surface area contributed by atoms with Crippen LogP contribution in [0.5, 0.6) is 0 Å². The van der Waals surface area contributed by atoms with Crippen molar-refractivity contribution in [3.05, 3.63) is 70.2 Å². The minimum Gasteiger partial charge on any atom is -0.469 e. The molecule has 0 aromatic heterocycles. The van der Waals surface area contributed by atoms with Crippen LogP contribution >= 0.6 is 11.6 Å². The van der Waals surface area contributed by atoms with Crippen molar-refractivity contribution in [2.24, 2.45) is 5.92 Å². The number of morpholine rings is 1. The average molecular weight is 428 g/mol. The molecule has 1 saturated heterocycles. The molecule has 1 saturated carbocycles. The predicted molar refractivity (Wildman–Crippen MR) is 114 cm³/mol. The Labute approximate surface area is 181 Å². The Balaban J connectivity index is 1.77. The molecule has 2 aromatic rings. The fourth-order valence-electron chi connectivity index (χ4n) is 4.07. The molecule has 1 heterocycles. The van der Waals surface area contributed by atoms with Gasteiger partial charge in [0.2, 0.25) is 0 Å². The summed E-state index contributed by atoms with van der Waals surface area (Å²) in [7, 11) is 1.33. The molecule has 158 valence electrons. The molecule has 6 heteroatoms. The van der Waals surface area contributed by atoms with Crippen LogP contribution in [0.25, 0.3) is 0 Å². The molecule has 1 aliphatic heterocycles. The molecular weight excluding hydrogens is 402 g/mol. The van der Waals surface area contributed by atoms with Gasteiger partial charge in [0, 0.05) is 11.6 Å². The lowest BCUT2D eigenvalue weighted by Gasteiger charge is -2.45. The van der Waals surface area contributed by atoms with Gasteiger partial charge < -0.3 is 14.4 Å².